The van der Waals surface area contributed by atoms with Gasteiger partial charge in [-0.25, -0.2) is 13.2 Å². The third-order valence-electron chi connectivity index (χ3n) is 3.49. The molecule has 0 aliphatic carbocycles. The van der Waals surface area contributed by atoms with E-state index in [9.17, 15) is 18.0 Å². The molecule has 2 aromatic rings. The van der Waals surface area contributed by atoms with Gasteiger partial charge in [-0.05, 0) is 36.4 Å². The maximum atomic E-state index is 12.2. The van der Waals surface area contributed by atoms with Crippen molar-refractivity contribution in [1.29, 1.82) is 0 Å². The number of aromatic carboxylic acids is 1. The Morgan fingerprint density at radius 1 is 0.962 bits per heavy atom. The van der Waals surface area contributed by atoms with Crippen LogP contribution in [0.4, 0.5) is 0 Å². The lowest BCUT2D eigenvalue weighted by Crippen LogP contribution is -2.41. The van der Waals surface area contributed by atoms with E-state index in [1.165, 1.54) is 30.3 Å². The van der Waals surface area contributed by atoms with E-state index in [0.29, 0.717) is 24.7 Å². The molecule has 1 aliphatic heterocycles. The molecule has 136 valence electrons. The van der Waals surface area contributed by atoms with Crippen molar-refractivity contribution in [3.8, 4) is 11.5 Å². The number of hydrogen-bond donors (Lipinski definition) is 3. The molecule has 3 rings (SSSR count). The van der Waals surface area contributed by atoms with E-state index < -0.39 is 21.9 Å². The fourth-order valence-electron chi connectivity index (χ4n) is 2.23. The zero-order valence-corrected chi connectivity index (χ0v) is 14.1. The van der Waals surface area contributed by atoms with E-state index in [2.05, 4.69) is 5.43 Å². The zero-order valence-electron chi connectivity index (χ0n) is 13.3. The summed E-state index contributed by atoms with van der Waals surface area (Å²) in [5.41, 5.74) is 2.05. The number of carbonyl (C=O) groups is 2. The van der Waals surface area contributed by atoms with Crippen LogP contribution in [0.15, 0.2) is 47.4 Å². The Morgan fingerprint density at radius 2 is 1.69 bits per heavy atom. The molecule has 0 aromatic heterocycles. The van der Waals surface area contributed by atoms with Crippen LogP contribution in [0.1, 0.15) is 20.7 Å². The van der Waals surface area contributed by atoms with Crippen LogP contribution in [-0.4, -0.2) is 38.6 Å². The van der Waals surface area contributed by atoms with E-state index >= 15 is 0 Å². The molecule has 0 radical (unpaired) electrons. The van der Waals surface area contributed by atoms with Crippen LogP contribution in [0, 0.1) is 0 Å². The van der Waals surface area contributed by atoms with Crippen LogP contribution in [0.2, 0.25) is 0 Å². The van der Waals surface area contributed by atoms with Gasteiger partial charge in [-0.1, -0.05) is 6.07 Å². The summed E-state index contributed by atoms with van der Waals surface area (Å²) in [6, 6.07) is 9.20. The van der Waals surface area contributed by atoms with Gasteiger partial charge in [0.25, 0.3) is 15.9 Å². The molecule has 0 saturated carbocycles. The topological polar surface area (TPSA) is 131 Å². The van der Waals surface area contributed by atoms with Crippen molar-refractivity contribution in [2.75, 3.05) is 13.2 Å². The molecular formula is C16H14N2O7S. The number of carbonyl (C=O) groups excluding carboxylic acids is 1. The summed E-state index contributed by atoms with van der Waals surface area (Å²) in [6.07, 6.45) is 0. The van der Waals surface area contributed by atoms with Crippen molar-refractivity contribution in [2.45, 2.75) is 4.90 Å². The lowest BCUT2D eigenvalue weighted by molar-refractivity contribution is 0.0696. The van der Waals surface area contributed by atoms with Crippen LogP contribution in [-0.2, 0) is 10.0 Å². The summed E-state index contributed by atoms with van der Waals surface area (Å²) in [5.74, 6) is -1.08. The predicted molar refractivity (Wildman–Crippen MR) is 88.6 cm³/mol. The van der Waals surface area contributed by atoms with Crippen molar-refractivity contribution in [3.63, 3.8) is 0 Å². The number of carboxylic acids is 1. The standard InChI is InChI=1S/C16H14N2O7S/c19-15(10-4-5-13-14(9-10)25-7-6-24-13)17-18-26(22,23)12-3-1-2-11(8-12)16(20)21/h1-5,8-9,18H,6-7H2,(H,17,19)(H,20,21). The highest BCUT2D eigenvalue weighted by Gasteiger charge is 2.19. The molecule has 1 heterocycles. The summed E-state index contributed by atoms with van der Waals surface area (Å²) >= 11 is 0. The number of amides is 1. The molecule has 0 fully saturated rings. The van der Waals surface area contributed by atoms with Gasteiger partial charge in [-0.2, -0.15) is 0 Å². The Bertz CT molecular complexity index is 972. The molecule has 0 unspecified atom stereocenters. The zero-order chi connectivity index (χ0) is 18.7. The average molecular weight is 378 g/mol. The Hall–Kier alpha value is -3.11. The smallest absolute Gasteiger partial charge is 0.335 e. The highest BCUT2D eigenvalue weighted by molar-refractivity contribution is 7.89. The number of fused-ring (bicyclic) bond motifs is 1. The number of hydrazine groups is 1. The number of sulfonamides is 1. The van der Waals surface area contributed by atoms with E-state index in [1.54, 1.807) is 6.07 Å². The molecule has 9 nitrogen and oxygen atoms in total. The van der Waals surface area contributed by atoms with Crippen LogP contribution < -0.4 is 19.7 Å². The van der Waals surface area contributed by atoms with Crippen LogP contribution in [0.3, 0.4) is 0 Å². The summed E-state index contributed by atoms with van der Waals surface area (Å²) < 4.78 is 35.1. The largest absolute Gasteiger partial charge is 0.486 e. The Labute approximate surface area is 148 Å². The molecule has 0 bridgehead atoms. The van der Waals surface area contributed by atoms with Crippen molar-refractivity contribution in [1.82, 2.24) is 10.3 Å². The minimum absolute atomic E-state index is 0.163. The third kappa shape index (κ3) is 3.76. The van der Waals surface area contributed by atoms with Gasteiger partial charge >= 0.3 is 5.97 Å². The van der Waals surface area contributed by atoms with Crippen LogP contribution >= 0.6 is 0 Å². The first-order chi connectivity index (χ1) is 12.4. The molecular weight excluding hydrogens is 364 g/mol. The fourth-order valence-corrected chi connectivity index (χ4v) is 3.11. The second kappa shape index (κ2) is 7.02. The lowest BCUT2D eigenvalue weighted by Gasteiger charge is -2.18. The van der Waals surface area contributed by atoms with Crippen molar-refractivity contribution < 1.29 is 32.6 Å². The molecule has 10 heteroatoms. The van der Waals surface area contributed by atoms with Gasteiger partial charge in [-0.15, -0.1) is 4.83 Å². The van der Waals surface area contributed by atoms with Gasteiger partial charge in [0.1, 0.15) is 13.2 Å². The number of rotatable bonds is 5. The highest BCUT2D eigenvalue weighted by Crippen LogP contribution is 2.30. The van der Waals surface area contributed by atoms with E-state index in [-0.39, 0.29) is 16.0 Å². The van der Waals surface area contributed by atoms with E-state index in [4.69, 9.17) is 14.6 Å². The second-order valence-corrected chi connectivity index (χ2v) is 6.93. The second-order valence-electron chi connectivity index (χ2n) is 5.25. The molecule has 2 aromatic carbocycles. The molecule has 0 spiro atoms. The summed E-state index contributed by atoms with van der Waals surface area (Å²) in [4.78, 5) is 24.7. The van der Waals surface area contributed by atoms with Crippen molar-refractivity contribution in [3.05, 3.63) is 53.6 Å². The third-order valence-corrected chi connectivity index (χ3v) is 4.74. The molecule has 0 saturated heterocycles. The SMILES string of the molecule is O=C(O)c1cccc(S(=O)(=O)NNC(=O)c2ccc3c(c2)OCCO3)c1. The summed E-state index contributed by atoms with van der Waals surface area (Å²) in [7, 11) is -4.14. The normalized spacial score (nSPS) is 13.1. The van der Waals surface area contributed by atoms with Gasteiger partial charge in [0.2, 0.25) is 0 Å². The van der Waals surface area contributed by atoms with Crippen LogP contribution in [0.5, 0.6) is 11.5 Å². The van der Waals surface area contributed by atoms with E-state index in [0.717, 1.165) is 6.07 Å². The van der Waals surface area contributed by atoms with E-state index in [1.807, 2.05) is 4.83 Å². The Kier molecular flexibility index (Phi) is 4.78. The predicted octanol–water partition coefficient (Wildman–Crippen LogP) is 0.779. The monoisotopic (exact) mass is 378 g/mol. The van der Waals surface area contributed by atoms with Crippen molar-refractivity contribution in [2.24, 2.45) is 0 Å². The van der Waals surface area contributed by atoms with Crippen molar-refractivity contribution >= 4 is 21.9 Å². The number of carboxylic acid groups (broad SMARTS) is 1. The number of benzene rings is 2. The number of hydrogen-bond acceptors (Lipinski definition) is 6. The molecule has 0 atom stereocenters. The Balaban J connectivity index is 1.72. The summed E-state index contributed by atoms with van der Waals surface area (Å²) in [6.45, 7) is 0.762. The first-order valence-corrected chi connectivity index (χ1v) is 8.90. The Morgan fingerprint density at radius 3 is 2.42 bits per heavy atom. The minimum atomic E-state index is -4.14. The van der Waals surface area contributed by atoms with Gasteiger partial charge in [0, 0.05) is 5.56 Å². The summed E-state index contributed by atoms with van der Waals surface area (Å²) in [5, 5.41) is 8.93. The fraction of sp³-hybridized carbons (Fsp3) is 0.125. The average Bonchev–Trinajstić information content (AvgIpc) is 2.66. The van der Waals surface area contributed by atoms with Gasteiger partial charge < -0.3 is 14.6 Å². The highest BCUT2D eigenvalue weighted by atomic mass is 32.2. The lowest BCUT2D eigenvalue weighted by atomic mass is 10.2. The van der Waals surface area contributed by atoms with Crippen LogP contribution in [0.25, 0.3) is 0 Å². The molecule has 3 N–H and O–H groups in total. The maximum Gasteiger partial charge on any atom is 0.335 e. The molecule has 26 heavy (non-hydrogen) atoms. The minimum Gasteiger partial charge on any atom is -0.486 e. The quantitative estimate of drug-likeness (QED) is 0.655. The van der Waals surface area contributed by atoms with Gasteiger partial charge in [0.05, 0.1) is 10.5 Å². The van der Waals surface area contributed by atoms with Gasteiger partial charge in [0.15, 0.2) is 11.5 Å². The van der Waals surface area contributed by atoms with Gasteiger partial charge in [-0.3, -0.25) is 10.2 Å². The first kappa shape index (κ1) is 17.7. The molecule has 1 amide bonds. The first-order valence-electron chi connectivity index (χ1n) is 7.42. The maximum absolute atomic E-state index is 12.2. The molecule has 1 aliphatic rings. The number of nitrogens with one attached hydrogen (secondary N) is 2. The number of ether oxygens (including phenoxy) is 2.